The summed E-state index contributed by atoms with van der Waals surface area (Å²) in [5, 5.41) is 13.5. The normalized spacial score (nSPS) is 16.0. The van der Waals surface area contributed by atoms with Gasteiger partial charge in [-0.15, -0.1) is 23.4 Å². The molecule has 0 radical (unpaired) electrons. The lowest BCUT2D eigenvalue weighted by molar-refractivity contribution is -0.274. The molecule has 1 aliphatic rings. The lowest BCUT2D eigenvalue weighted by Crippen LogP contribution is -2.55. The molecule has 0 unspecified atom stereocenters. The highest BCUT2D eigenvalue weighted by Gasteiger charge is 2.31. The average Bonchev–Trinajstić information content (AvgIpc) is 2.89. The maximum Gasteiger partial charge on any atom is 0.573 e. The molecule has 1 atom stereocenters. The number of piperazine rings is 1. The van der Waals surface area contributed by atoms with Crippen LogP contribution in [0.2, 0.25) is 0 Å². The van der Waals surface area contributed by atoms with Crippen LogP contribution in [0.25, 0.3) is 22.0 Å². The number of alkyl halides is 3. The van der Waals surface area contributed by atoms with Gasteiger partial charge in [0.25, 0.3) is 0 Å². The van der Waals surface area contributed by atoms with Crippen molar-refractivity contribution in [3.05, 3.63) is 78.6 Å². The van der Waals surface area contributed by atoms with Crippen LogP contribution in [-0.2, 0) is 0 Å². The summed E-state index contributed by atoms with van der Waals surface area (Å²) in [5.41, 5.74) is 1.77. The van der Waals surface area contributed by atoms with E-state index in [9.17, 15) is 22.4 Å². The fourth-order valence-electron chi connectivity index (χ4n) is 4.53. The summed E-state index contributed by atoms with van der Waals surface area (Å²) in [5.74, 6) is 0.000836. The number of amides is 2. The van der Waals surface area contributed by atoms with Gasteiger partial charge in [0.2, 0.25) is 0 Å². The van der Waals surface area contributed by atoms with Crippen LogP contribution in [0.3, 0.4) is 0 Å². The third kappa shape index (κ3) is 5.46. The summed E-state index contributed by atoms with van der Waals surface area (Å²) in [6.07, 6.45) is -4.78. The Balaban J connectivity index is 1.29. The number of nitrogens with one attached hydrogen (secondary N) is 1. The van der Waals surface area contributed by atoms with Gasteiger partial charge in [-0.3, -0.25) is 0 Å². The molecule has 1 saturated heterocycles. The van der Waals surface area contributed by atoms with Crippen molar-refractivity contribution in [1.82, 2.24) is 15.1 Å². The molecule has 4 aromatic rings. The quantitative estimate of drug-likeness (QED) is 0.327. The smallest absolute Gasteiger partial charge is 0.406 e. The number of urea groups is 1. The topological polar surface area (TPSA) is 70.6 Å². The van der Waals surface area contributed by atoms with Crippen LogP contribution in [0.5, 0.6) is 5.75 Å². The number of carbonyl (C=O) groups excluding carboxylic acids is 1. The molecule has 1 aromatic heterocycles. The van der Waals surface area contributed by atoms with Gasteiger partial charge in [0.1, 0.15) is 17.3 Å². The Morgan fingerprint density at radius 2 is 1.63 bits per heavy atom. The molecular weight excluding hydrogens is 502 g/mol. The minimum absolute atomic E-state index is 0.186. The number of aromatic nitrogens is 2. The fraction of sp³-hybridized carbons (Fsp3) is 0.222. The lowest BCUT2D eigenvalue weighted by Gasteiger charge is -2.40. The number of halogens is 4. The third-order valence-corrected chi connectivity index (χ3v) is 6.31. The van der Waals surface area contributed by atoms with Crippen LogP contribution in [0.15, 0.2) is 72.8 Å². The Bertz CT molecular complexity index is 1450. The van der Waals surface area contributed by atoms with E-state index in [-0.39, 0.29) is 23.6 Å². The number of fused-ring (bicyclic) bond motifs is 1. The molecule has 1 N–H and O–H groups in total. The van der Waals surface area contributed by atoms with Crippen LogP contribution in [-0.4, -0.2) is 53.2 Å². The Hall–Kier alpha value is -4.41. The molecular formula is C27H23F4N5O2. The second-order valence-corrected chi connectivity index (χ2v) is 8.92. The van der Waals surface area contributed by atoms with Crippen molar-refractivity contribution in [1.29, 1.82) is 0 Å². The molecule has 2 heterocycles. The zero-order valence-electron chi connectivity index (χ0n) is 20.2. The molecule has 0 spiro atoms. The standard InChI is InChI=1S/C27H23F4N5O2/c1-17-16-35(14-15-36(17)26(37)32-20-10-12-21(13-11-20)38-27(29,30)31)25-23-5-3-2-4-22(23)24(33-34-25)18-6-8-19(28)9-7-18/h2-13,17H,14-16H2,1H3,(H,32,37)/t17-/m0/s1. The molecule has 1 fully saturated rings. The molecule has 0 aliphatic carbocycles. The Labute approximate surface area is 215 Å². The van der Waals surface area contributed by atoms with Crippen LogP contribution in [0, 0.1) is 5.82 Å². The predicted octanol–water partition coefficient (Wildman–Crippen LogP) is 6.08. The molecule has 1 aliphatic heterocycles. The minimum Gasteiger partial charge on any atom is -0.406 e. The second kappa shape index (κ2) is 10.2. The van der Waals surface area contributed by atoms with E-state index in [1.165, 1.54) is 24.3 Å². The summed E-state index contributed by atoms with van der Waals surface area (Å²) in [6, 6.07) is 18.3. The first kappa shape index (κ1) is 25.2. The number of hydrogen-bond acceptors (Lipinski definition) is 5. The molecule has 38 heavy (non-hydrogen) atoms. The number of benzene rings is 3. The first-order chi connectivity index (χ1) is 18.2. The highest BCUT2D eigenvalue weighted by Crippen LogP contribution is 2.32. The number of hydrogen-bond donors (Lipinski definition) is 1. The van der Waals surface area contributed by atoms with Crippen LogP contribution < -0.4 is 15.0 Å². The summed E-state index contributed by atoms with van der Waals surface area (Å²) >= 11 is 0. The molecule has 5 rings (SSSR count). The van der Waals surface area contributed by atoms with E-state index in [0.717, 1.165) is 28.5 Å². The van der Waals surface area contributed by atoms with E-state index in [1.54, 1.807) is 17.0 Å². The molecule has 196 valence electrons. The zero-order valence-corrected chi connectivity index (χ0v) is 20.2. The van der Waals surface area contributed by atoms with E-state index < -0.39 is 6.36 Å². The molecule has 11 heteroatoms. The van der Waals surface area contributed by atoms with Gasteiger partial charge < -0.3 is 19.9 Å². The summed E-state index contributed by atoms with van der Waals surface area (Å²) in [4.78, 5) is 16.6. The van der Waals surface area contributed by atoms with Gasteiger partial charge >= 0.3 is 12.4 Å². The fourth-order valence-corrected chi connectivity index (χ4v) is 4.53. The van der Waals surface area contributed by atoms with Crippen molar-refractivity contribution < 1.29 is 27.1 Å². The second-order valence-electron chi connectivity index (χ2n) is 8.92. The molecule has 2 amide bonds. The summed E-state index contributed by atoms with van der Waals surface area (Å²) < 4.78 is 54.4. The SMILES string of the molecule is C[C@H]1CN(c2nnc(-c3ccc(F)cc3)c3ccccc23)CCN1C(=O)Nc1ccc(OC(F)(F)F)cc1. The van der Waals surface area contributed by atoms with Gasteiger partial charge in [-0.25, -0.2) is 9.18 Å². The Morgan fingerprint density at radius 3 is 2.29 bits per heavy atom. The largest absolute Gasteiger partial charge is 0.573 e. The maximum atomic E-state index is 13.4. The number of anilines is 2. The Kier molecular flexibility index (Phi) is 6.75. The van der Waals surface area contributed by atoms with Crippen molar-refractivity contribution in [2.45, 2.75) is 19.3 Å². The number of nitrogens with zero attached hydrogens (tertiary/aromatic N) is 4. The molecule has 0 bridgehead atoms. The third-order valence-electron chi connectivity index (χ3n) is 6.31. The van der Waals surface area contributed by atoms with Crippen molar-refractivity contribution in [3.63, 3.8) is 0 Å². The van der Waals surface area contributed by atoms with Crippen molar-refractivity contribution >= 4 is 28.3 Å². The van der Waals surface area contributed by atoms with Crippen LogP contribution in [0.4, 0.5) is 33.9 Å². The molecule has 0 saturated carbocycles. The van der Waals surface area contributed by atoms with Gasteiger partial charge in [0.05, 0.1) is 0 Å². The summed E-state index contributed by atoms with van der Waals surface area (Å²) in [7, 11) is 0. The lowest BCUT2D eigenvalue weighted by atomic mass is 10.0. The predicted molar refractivity (Wildman–Crippen MR) is 135 cm³/mol. The van der Waals surface area contributed by atoms with Crippen molar-refractivity contribution in [2.75, 3.05) is 29.9 Å². The number of rotatable bonds is 4. The van der Waals surface area contributed by atoms with Crippen LogP contribution >= 0.6 is 0 Å². The van der Waals surface area contributed by atoms with E-state index in [2.05, 4.69) is 25.2 Å². The minimum atomic E-state index is -4.78. The van der Waals surface area contributed by atoms with Gasteiger partial charge in [0.15, 0.2) is 5.82 Å². The monoisotopic (exact) mass is 525 g/mol. The maximum absolute atomic E-state index is 13.4. The van der Waals surface area contributed by atoms with Gasteiger partial charge in [-0.1, -0.05) is 24.3 Å². The van der Waals surface area contributed by atoms with E-state index >= 15 is 0 Å². The van der Waals surface area contributed by atoms with E-state index in [0.29, 0.717) is 36.8 Å². The number of carbonyl (C=O) groups is 1. The summed E-state index contributed by atoms with van der Waals surface area (Å²) in [6.45, 7) is 3.32. The first-order valence-electron chi connectivity index (χ1n) is 11.9. The Morgan fingerprint density at radius 1 is 0.947 bits per heavy atom. The first-order valence-corrected chi connectivity index (χ1v) is 11.9. The zero-order chi connectivity index (χ0) is 26.9. The highest BCUT2D eigenvalue weighted by atomic mass is 19.4. The van der Waals surface area contributed by atoms with E-state index in [4.69, 9.17) is 0 Å². The van der Waals surface area contributed by atoms with Crippen molar-refractivity contribution in [3.8, 4) is 17.0 Å². The van der Waals surface area contributed by atoms with Crippen LogP contribution in [0.1, 0.15) is 6.92 Å². The molecule has 3 aromatic carbocycles. The van der Waals surface area contributed by atoms with Crippen molar-refractivity contribution in [2.24, 2.45) is 0 Å². The van der Waals surface area contributed by atoms with Gasteiger partial charge in [0, 0.05) is 47.7 Å². The van der Waals surface area contributed by atoms with Gasteiger partial charge in [-0.05, 0) is 55.5 Å². The molecule has 7 nitrogen and oxygen atoms in total. The average molecular weight is 526 g/mol. The highest BCUT2D eigenvalue weighted by molar-refractivity contribution is 6.00. The number of ether oxygens (including phenoxy) is 1. The van der Waals surface area contributed by atoms with E-state index in [1.807, 2.05) is 31.2 Å². The van der Waals surface area contributed by atoms with Gasteiger partial charge in [-0.2, -0.15) is 0 Å².